The maximum atomic E-state index is 12.8. The van der Waals surface area contributed by atoms with Crippen LogP contribution in [-0.2, 0) is 11.2 Å². The third kappa shape index (κ3) is 5.06. The minimum atomic E-state index is 0.231. The average Bonchev–Trinajstić information content (AvgIpc) is 3.21. The van der Waals surface area contributed by atoms with Crippen LogP contribution in [0.2, 0.25) is 0 Å². The molecule has 1 aliphatic heterocycles. The number of nitrogens with zero attached hydrogens (tertiary/aromatic N) is 2. The minimum absolute atomic E-state index is 0.231. The van der Waals surface area contributed by atoms with Crippen molar-refractivity contribution in [2.45, 2.75) is 44.6 Å². The number of methoxy groups -OCH3 is 1. The zero-order chi connectivity index (χ0) is 19.9. The first-order valence-electron chi connectivity index (χ1n) is 10.3. The van der Waals surface area contributed by atoms with Gasteiger partial charge in [0, 0.05) is 32.7 Å². The Morgan fingerprint density at radius 1 is 1.14 bits per heavy atom. The molecule has 1 atom stereocenters. The fourth-order valence-electron chi connectivity index (χ4n) is 3.96. The number of benzene rings is 2. The van der Waals surface area contributed by atoms with Crippen LogP contribution in [0.5, 0.6) is 5.75 Å². The SMILES string of the molecule is COc1ccc(CCCCC(=O)N2CCCC2c2cccc(N(C)C)c2)cc1. The van der Waals surface area contributed by atoms with Gasteiger partial charge in [0.15, 0.2) is 0 Å². The summed E-state index contributed by atoms with van der Waals surface area (Å²) in [5.41, 5.74) is 3.75. The monoisotopic (exact) mass is 380 g/mol. The van der Waals surface area contributed by atoms with Crippen LogP contribution in [0.1, 0.15) is 49.3 Å². The standard InChI is InChI=1S/C24H32N2O2/c1-25(2)21-10-6-9-20(18-21)23-11-7-17-26(23)24(27)12-5-4-8-19-13-15-22(28-3)16-14-19/h6,9-10,13-16,18,23H,4-5,7-8,11-12,17H2,1-3H3. The molecular weight excluding hydrogens is 348 g/mol. The van der Waals surface area contributed by atoms with Gasteiger partial charge in [0.2, 0.25) is 5.91 Å². The van der Waals surface area contributed by atoms with Gasteiger partial charge in [-0.05, 0) is 67.5 Å². The average molecular weight is 381 g/mol. The molecule has 1 amide bonds. The molecule has 1 saturated heterocycles. The lowest BCUT2D eigenvalue weighted by atomic mass is 10.0. The van der Waals surface area contributed by atoms with E-state index in [9.17, 15) is 4.79 Å². The van der Waals surface area contributed by atoms with Gasteiger partial charge in [0.1, 0.15) is 5.75 Å². The maximum Gasteiger partial charge on any atom is 0.223 e. The van der Waals surface area contributed by atoms with E-state index in [-0.39, 0.29) is 6.04 Å². The normalized spacial score (nSPS) is 16.2. The van der Waals surface area contributed by atoms with Crippen molar-refractivity contribution in [1.29, 1.82) is 0 Å². The summed E-state index contributed by atoms with van der Waals surface area (Å²) in [6.45, 7) is 0.883. The van der Waals surface area contributed by atoms with E-state index >= 15 is 0 Å². The number of carbonyl (C=O) groups is 1. The van der Waals surface area contributed by atoms with Crippen LogP contribution < -0.4 is 9.64 Å². The Bertz CT molecular complexity index is 770. The smallest absolute Gasteiger partial charge is 0.223 e. The van der Waals surface area contributed by atoms with Crippen molar-refractivity contribution < 1.29 is 9.53 Å². The molecule has 1 heterocycles. The van der Waals surface area contributed by atoms with E-state index in [0.717, 1.165) is 44.4 Å². The van der Waals surface area contributed by atoms with Crippen LogP contribution >= 0.6 is 0 Å². The van der Waals surface area contributed by atoms with E-state index in [1.165, 1.54) is 16.8 Å². The Morgan fingerprint density at radius 2 is 1.93 bits per heavy atom. The highest BCUT2D eigenvalue weighted by molar-refractivity contribution is 5.77. The van der Waals surface area contributed by atoms with Crippen molar-refractivity contribution in [3.8, 4) is 5.75 Å². The van der Waals surface area contributed by atoms with Crippen LogP contribution in [0.25, 0.3) is 0 Å². The molecule has 1 unspecified atom stereocenters. The van der Waals surface area contributed by atoms with E-state index < -0.39 is 0 Å². The van der Waals surface area contributed by atoms with Crippen molar-refractivity contribution >= 4 is 11.6 Å². The molecule has 0 aliphatic carbocycles. The van der Waals surface area contributed by atoms with Gasteiger partial charge < -0.3 is 14.5 Å². The Labute approximate surface area is 169 Å². The molecule has 0 N–H and O–H groups in total. The summed E-state index contributed by atoms with van der Waals surface area (Å²) in [5, 5.41) is 0. The first-order chi connectivity index (χ1) is 13.6. The Hall–Kier alpha value is -2.49. The number of rotatable bonds is 8. The number of carbonyl (C=O) groups excluding carboxylic acids is 1. The zero-order valence-electron chi connectivity index (χ0n) is 17.4. The number of amides is 1. The van der Waals surface area contributed by atoms with Gasteiger partial charge in [-0.15, -0.1) is 0 Å². The number of unbranched alkanes of at least 4 members (excludes halogenated alkanes) is 1. The molecule has 0 aromatic heterocycles. The fraction of sp³-hybridized carbons (Fsp3) is 0.458. The third-order valence-electron chi connectivity index (χ3n) is 5.61. The summed E-state index contributed by atoms with van der Waals surface area (Å²) in [7, 11) is 5.79. The van der Waals surface area contributed by atoms with E-state index in [2.05, 4.69) is 60.3 Å². The maximum absolute atomic E-state index is 12.8. The number of likely N-dealkylation sites (tertiary alicyclic amines) is 1. The van der Waals surface area contributed by atoms with E-state index in [4.69, 9.17) is 4.74 Å². The predicted octanol–water partition coefficient (Wildman–Crippen LogP) is 4.84. The second-order valence-corrected chi connectivity index (χ2v) is 7.79. The number of aryl methyl sites for hydroxylation is 1. The highest BCUT2D eigenvalue weighted by atomic mass is 16.5. The lowest BCUT2D eigenvalue weighted by Crippen LogP contribution is -2.30. The largest absolute Gasteiger partial charge is 0.497 e. The number of hydrogen-bond donors (Lipinski definition) is 0. The van der Waals surface area contributed by atoms with Crippen LogP contribution in [0.3, 0.4) is 0 Å². The van der Waals surface area contributed by atoms with Gasteiger partial charge >= 0.3 is 0 Å². The Morgan fingerprint density at radius 3 is 2.64 bits per heavy atom. The molecule has 0 saturated carbocycles. The molecule has 28 heavy (non-hydrogen) atoms. The minimum Gasteiger partial charge on any atom is -0.497 e. The summed E-state index contributed by atoms with van der Waals surface area (Å²) in [5.74, 6) is 1.19. The molecule has 1 fully saturated rings. The van der Waals surface area contributed by atoms with Crippen LogP contribution in [0.15, 0.2) is 48.5 Å². The Balaban J connectivity index is 1.51. The third-order valence-corrected chi connectivity index (χ3v) is 5.61. The van der Waals surface area contributed by atoms with Crippen molar-refractivity contribution in [2.75, 3.05) is 32.6 Å². The molecule has 4 nitrogen and oxygen atoms in total. The van der Waals surface area contributed by atoms with Crippen LogP contribution in [-0.4, -0.2) is 38.6 Å². The molecule has 4 heteroatoms. The summed E-state index contributed by atoms with van der Waals surface area (Å²) in [6.07, 6.45) is 5.77. The molecule has 3 rings (SSSR count). The number of hydrogen-bond acceptors (Lipinski definition) is 3. The van der Waals surface area contributed by atoms with Gasteiger partial charge in [-0.3, -0.25) is 4.79 Å². The van der Waals surface area contributed by atoms with Gasteiger partial charge in [0.05, 0.1) is 13.2 Å². The van der Waals surface area contributed by atoms with Gasteiger partial charge in [-0.25, -0.2) is 0 Å². The zero-order valence-corrected chi connectivity index (χ0v) is 17.4. The molecule has 2 aromatic rings. The first-order valence-corrected chi connectivity index (χ1v) is 10.3. The van der Waals surface area contributed by atoms with Crippen molar-refractivity contribution in [2.24, 2.45) is 0 Å². The quantitative estimate of drug-likeness (QED) is 0.615. The molecular formula is C24H32N2O2. The molecule has 2 aromatic carbocycles. The van der Waals surface area contributed by atoms with Gasteiger partial charge in [-0.1, -0.05) is 24.3 Å². The molecule has 1 aliphatic rings. The fourth-order valence-corrected chi connectivity index (χ4v) is 3.96. The highest BCUT2D eigenvalue weighted by Gasteiger charge is 2.29. The lowest BCUT2D eigenvalue weighted by molar-refractivity contribution is -0.132. The number of ether oxygens (including phenoxy) is 1. The second-order valence-electron chi connectivity index (χ2n) is 7.79. The van der Waals surface area contributed by atoms with E-state index in [0.29, 0.717) is 12.3 Å². The second kappa shape index (κ2) is 9.63. The van der Waals surface area contributed by atoms with Gasteiger partial charge in [0.25, 0.3) is 0 Å². The summed E-state index contributed by atoms with van der Waals surface area (Å²) in [6, 6.07) is 17.0. The Kier molecular flexibility index (Phi) is 6.96. The van der Waals surface area contributed by atoms with Crippen molar-refractivity contribution in [3.63, 3.8) is 0 Å². The topological polar surface area (TPSA) is 32.8 Å². The van der Waals surface area contributed by atoms with Gasteiger partial charge in [-0.2, -0.15) is 0 Å². The van der Waals surface area contributed by atoms with E-state index in [1.807, 2.05) is 12.1 Å². The summed E-state index contributed by atoms with van der Waals surface area (Å²) >= 11 is 0. The summed E-state index contributed by atoms with van der Waals surface area (Å²) < 4.78 is 5.20. The molecule has 0 radical (unpaired) electrons. The predicted molar refractivity (Wildman–Crippen MR) is 115 cm³/mol. The van der Waals surface area contributed by atoms with E-state index in [1.54, 1.807) is 7.11 Å². The van der Waals surface area contributed by atoms with Crippen molar-refractivity contribution in [1.82, 2.24) is 4.90 Å². The first kappa shape index (κ1) is 20.2. The molecule has 150 valence electrons. The molecule has 0 spiro atoms. The summed E-state index contributed by atoms with van der Waals surface area (Å²) in [4.78, 5) is 17.1. The van der Waals surface area contributed by atoms with Crippen LogP contribution in [0, 0.1) is 0 Å². The lowest BCUT2D eigenvalue weighted by Gasteiger charge is -2.26. The molecule has 0 bridgehead atoms. The highest BCUT2D eigenvalue weighted by Crippen LogP contribution is 2.34. The van der Waals surface area contributed by atoms with Crippen LogP contribution in [0.4, 0.5) is 5.69 Å². The van der Waals surface area contributed by atoms with Crippen molar-refractivity contribution in [3.05, 3.63) is 59.7 Å². The number of anilines is 1.